The lowest BCUT2D eigenvalue weighted by Crippen LogP contribution is -2.34. The van der Waals surface area contributed by atoms with E-state index in [-0.39, 0.29) is 12.0 Å². The number of nitrogens with one attached hydrogen (secondary N) is 1. The van der Waals surface area contributed by atoms with E-state index in [1.165, 1.54) is 5.57 Å². The Balaban J connectivity index is 1.82. The lowest BCUT2D eigenvalue weighted by molar-refractivity contribution is -0.139. The summed E-state index contributed by atoms with van der Waals surface area (Å²) < 4.78 is 4.88. The molecule has 3 nitrogen and oxygen atoms in total. The Hall–Kier alpha value is -1.35. The summed E-state index contributed by atoms with van der Waals surface area (Å²) in [6.45, 7) is 1.28. The molecule has 1 unspecified atom stereocenters. The summed E-state index contributed by atoms with van der Waals surface area (Å²) in [5.41, 5.74) is 1.22. The standard InChI is InChI=1S/C12H15NO2/c14-12-11(7-8-15-12)13-9-10-5-3-1-2-4-6-10/h1-3,5-6,11,13H,4,7-9H2. The number of ether oxygens (including phenoxy) is 1. The second-order valence-electron chi connectivity index (χ2n) is 3.69. The molecule has 3 heteroatoms. The normalized spacial score (nSPS) is 24.9. The van der Waals surface area contributed by atoms with Crippen LogP contribution >= 0.6 is 0 Å². The molecule has 15 heavy (non-hydrogen) atoms. The van der Waals surface area contributed by atoms with Gasteiger partial charge in [0.15, 0.2) is 0 Å². The van der Waals surface area contributed by atoms with Crippen molar-refractivity contribution in [2.24, 2.45) is 0 Å². The Labute approximate surface area is 89.5 Å². The largest absolute Gasteiger partial charge is 0.464 e. The Kier molecular flexibility index (Phi) is 3.35. The fraction of sp³-hybridized carbons (Fsp3) is 0.417. The van der Waals surface area contributed by atoms with Gasteiger partial charge in [0.2, 0.25) is 0 Å². The predicted molar refractivity (Wildman–Crippen MR) is 58.3 cm³/mol. The summed E-state index contributed by atoms with van der Waals surface area (Å²) >= 11 is 0. The molecule has 1 saturated heterocycles. The zero-order valence-electron chi connectivity index (χ0n) is 8.61. The van der Waals surface area contributed by atoms with Gasteiger partial charge in [-0.2, -0.15) is 0 Å². The lowest BCUT2D eigenvalue weighted by atomic mass is 10.2. The van der Waals surface area contributed by atoms with Gasteiger partial charge >= 0.3 is 5.97 Å². The molecule has 1 heterocycles. The third kappa shape index (κ3) is 2.80. The molecule has 0 saturated carbocycles. The van der Waals surface area contributed by atoms with Crippen molar-refractivity contribution >= 4 is 5.97 Å². The average molecular weight is 205 g/mol. The van der Waals surface area contributed by atoms with Crippen molar-refractivity contribution in [3.05, 3.63) is 36.0 Å². The molecular weight excluding hydrogens is 190 g/mol. The number of cyclic esters (lactones) is 1. The van der Waals surface area contributed by atoms with E-state index in [0.29, 0.717) is 6.61 Å². The Morgan fingerprint density at radius 2 is 2.40 bits per heavy atom. The summed E-state index contributed by atoms with van der Waals surface area (Å²) in [6.07, 6.45) is 12.1. The van der Waals surface area contributed by atoms with Gasteiger partial charge in [0.25, 0.3) is 0 Å². The quantitative estimate of drug-likeness (QED) is 0.706. The van der Waals surface area contributed by atoms with Crippen LogP contribution in [0.15, 0.2) is 36.0 Å². The van der Waals surface area contributed by atoms with Gasteiger partial charge in [-0.05, 0) is 12.0 Å². The van der Waals surface area contributed by atoms with Crippen LogP contribution in [0.5, 0.6) is 0 Å². The van der Waals surface area contributed by atoms with Gasteiger partial charge in [-0.15, -0.1) is 0 Å². The molecule has 0 amide bonds. The fourth-order valence-electron chi connectivity index (χ4n) is 1.68. The maximum absolute atomic E-state index is 11.2. The van der Waals surface area contributed by atoms with E-state index in [2.05, 4.69) is 23.5 Å². The van der Waals surface area contributed by atoms with Crippen molar-refractivity contribution in [1.29, 1.82) is 0 Å². The van der Waals surface area contributed by atoms with E-state index in [9.17, 15) is 4.79 Å². The number of hydrogen-bond donors (Lipinski definition) is 1. The minimum Gasteiger partial charge on any atom is -0.464 e. The smallest absolute Gasteiger partial charge is 0.323 e. The van der Waals surface area contributed by atoms with E-state index < -0.39 is 0 Å². The fourth-order valence-corrected chi connectivity index (χ4v) is 1.68. The summed E-state index contributed by atoms with van der Waals surface area (Å²) in [5, 5.41) is 3.21. The summed E-state index contributed by atoms with van der Waals surface area (Å²) in [7, 11) is 0. The molecule has 0 aromatic carbocycles. The van der Waals surface area contributed by atoms with E-state index in [1.54, 1.807) is 0 Å². The van der Waals surface area contributed by atoms with Gasteiger partial charge in [-0.1, -0.05) is 30.4 Å². The van der Waals surface area contributed by atoms with Crippen molar-refractivity contribution < 1.29 is 9.53 Å². The van der Waals surface area contributed by atoms with Crippen LogP contribution in [-0.2, 0) is 9.53 Å². The third-order valence-electron chi connectivity index (χ3n) is 2.56. The third-order valence-corrected chi connectivity index (χ3v) is 2.56. The minimum atomic E-state index is -0.119. The van der Waals surface area contributed by atoms with E-state index in [1.807, 2.05) is 12.2 Å². The first kappa shape index (κ1) is 10.2. The first-order valence-corrected chi connectivity index (χ1v) is 5.28. The van der Waals surface area contributed by atoms with Gasteiger partial charge < -0.3 is 10.1 Å². The van der Waals surface area contributed by atoms with Crippen molar-refractivity contribution in [2.75, 3.05) is 13.2 Å². The first-order chi connectivity index (χ1) is 7.36. The zero-order chi connectivity index (χ0) is 10.5. The predicted octanol–water partition coefficient (Wildman–Crippen LogP) is 1.33. The van der Waals surface area contributed by atoms with Gasteiger partial charge in [-0.25, -0.2) is 0 Å². The second-order valence-corrected chi connectivity index (χ2v) is 3.69. The van der Waals surface area contributed by atoms with Crippen LogP contribution in [0, 0.1) is 0 Å². The SMILES string of the molecule is O=C1OCCC1NCC1=CCC=CC=C1. The van der Waals surface area contributed by atoms with Crippen molar-refractivity contribution in [1.82, 2.24) is 5.32 Å². The van der Waals surface area contributed by atoms with Crippen molar-refractivity contribution in [3.8, 4) is 0 Å². The van der Waals surface area contributed by atoms with Crippen LogP contribution in [0.25, 0.3) is 0 Å². The van der Waals surface area contributed by atoms with Gasteiger partial charge in [-0.3, -0.25) is 4.79 Å². The Morgan fingerprint density at radius 1 is 1.47 bits per heavy atom. The molecule has 1 aliphatic heterocycles. The molecule has 0 bridgehead atoms. The van der Waals surface area contributed by atoms with E-state index in [4.69, 9.17) is 4.74 Å². The van der Waals surface area contributed by atoms with Crippen LogP contribution in [-0.4, -0.2) is 25.2 Å². The highest BCUT2D eigenvalue weighted by Gasteiger charge is 2.25. The van der Waals surface area contributed by atoms with Crippen LogP contribution in [0.2, 0.25) is 0 Å². The monoisotopic (exact) mass is 205 g/mol. The second kappa shape index (κ2) is 4.94. The van der Waals surface area contributed by atoms with Crippen LogP contribution in [0.4, 0.5) is 0 Å². The molecule has 0 aromatic rings. The number of carbonyl (C=O) groups excluding carboxylic acids is 1. The number of rotatable bonds is 3. The molecule has 1 fully saturated rings. The van der Waals surface area contributed by atoms with E-state index >= 15 is 0 Å². The molecule has 0 spiro atoms. The molecule has 80 valence electrons. The van der Waals surface area contributed by atoms with Crippen LogP contribution in [0.1, 0.15) is 12.8 Å². The topological polar surface area (TPSA) is 38.3 Å². The van der Waals surface area contributed by atoms with Crippen LogP contribution < -0.4 is 5.32 Å². The van der Waals surface area contributed by atoms with E-state index in [0.717, 1.165) is 19.4 Å². The minimum absolute atomic E-state index is 0.115. The number of hydrogen-bond acceptors (Lipinski definition) is 3. The Morgan fingerprint density at radius 3 is 3.20 bits per heavy atom. The van der Waals surface area contributed by atoms with Crippen molar-refractivity contribution in [3.63, 3.8) is 0 Å². The molecule has 0 aromatic heterocycles. The number of allylic oxidation sites excluding steroid dienone is 4. The van der Waals surface area contributed by atoms with Gasteiger partial charge in [0, 0.05) is 13.0 Å². The first-order valence-electron chi connectivity index (χ1n) is 5.28. The molecule has 2 rings (SSSR count). The average Bonchev–Trinajstić information content (AvgIpc) is 2.53. The highest BCUT2D eigenvalue weighted by molar-refractivity contribution is 5.77. The molecule has 1 N–H and O–H groups in total. The molecule has 1 aliphatic carbocycles. The number of esters is 1. The number of carbonyl (C=O) groups is 1. The summed E-state index contributed by atoms with van der Waals surface area (Å²) in [4.78, 5) is 11.2. The molecule has 2 aliphatic rings. The Bertz CT molecular complexity index is 329. The van der Waals surface area contributed by atoms with Crippen LogP contribution in [0.3, 0.4) is 0 Å². The maximum atomic E-state index is 11.2. The highest BCUT2D eigenvalue weighted by atomic mass is 16.5. The molecular formula is C12H15NO2. The maximum Gasteiger partial charge on any atom is 0.323 e. The summed E-state index contributed by atoms with van der Waals surface area (Å²) in [5.74, 6) is -0.119. The lowest BCUT2D eigenvalue weighted by Gasteiger charge is -2.08. The zero-order valence-corrected chi connectivity index (χ0v) is 8.61. The van der Waals surface area contributed by atoms with Gasteiger partial charge in [0.05, 0.1) is 6.61 Å². The summed E-state index contributed by atoms with van der Waals surface area (Å²) in [6, 6.07) is -0.115. The van der Waals surface area contributed by atoms with Gasteiger partial charge in [0.1, 0.15) is 6.04 Å². The molecule has 0 radical (unpaired) electrons. The van der Waals surface area contributed by atoms with Crippen molar-refractivity contribution in [2.45, 2.75) is 18.9 Å². The molecule has 1 atom stereocenters. The highest BCUT2D eigenvalue weighted by Crippen LogP contribution is 2.08.